The largest absolute Gasteiger partial charge is 0.490 e. The van der Waals surface area contributed by atoms with E-state index in [2.05, 4.69) is 4.43 Å². The molecule has 3 nitrogen and oxygen atoms in total. The van der Waals surface area contributed by atoms with E-state index in [0.29, 0.717) is 13.2 Å². The highest BCUT2D eigenvalue weighted by Gasteiger charge is 2.01. The lowest BCUT2D eigenvalue weighted by Gasteiger charge is -1.97. The molecular weight excluding hydrogens is 196 g/mol. The Morgan fingerprint density at radius 1 is 1.29 bits per heavy atom. The summed E-state index contributed by atoms with van der Waals surface area (Å²) in [4.78, 5) is 0. The van der Waals surface area contributed by atoms with E-state index in [-0.39, 0.29) is 0 Å². The predicted octanol–water partition coefficient (Wildman–Crippen LogP) is 0.761. The maximum atomic E-state index is 5.28. The Hall–Kier alpha value is -1.00. The van der Waals surface area contributed by atoms with Crippen LogP contribution in [-0.2, 0) is 4.43 Å². The molecule has 1 heterocycles. The van der Waals surface area contributed by atoms with Gasteiger partial charge in [-0.15, -0.1) is 0 Å². The summed E-state index contributed by atoms with van der Waals surface area (Å²) in [7, 11) is 0.890. The fourth-order valence-corrected chi connectivity index (χ4v) is 0.973. The molecular formula is C10H16O3Si. The highest BCUT2D eigenvalue weighted by Crippen LogP contribution is 2.21. The molecule has 0 saturated carbocycles. The van der Waals surface area contributed by atoms with Crippen LogP contribution in [-0.4, -0.2) is 30.3 Å². The summed E-state index contributed by atoms with van der Waals surface area (Å²) < 4.78 is 15.2. The third-order valence-electron chi connectivity index (χ3n) is 1.71. The lowest BCUT2D eigenvalue weighted by atomic mass is 10.3. The quantitative estimate of drug-likeness (QED) is 0.643. The molecule has 1 aromatic carbocycles. The van der Waals surface area contributed by atoms with E-state index in [9.17, 15) is 0 Å². The SMILES string of the molecule is CCO[SiH3].c1cc2cc(c1)OCCO2. The van der Waals surface area contributed by atoms with Gasteiger partial charge >= 0.3 is 0 Å². The fraction of sp³-hybridized carbons (Fsp3) is 0.400. The van der Waals surface area contributed by atoms with Crippen LogP contribution >= 0.6 is 0 Å². The van der Waals surface area contributed by atoms with Gasteiger partial charge in [-0.3, -0.25) is 0 Å². The van der Waals surface area contributed by atoms with Crippen molar-refractivity contribution in [2.45, 2.75) is 6.92 Å². The van der Waals surface area contributed by atoms with Gasteiger partial charge in [-0.2, -0.15) is 0 Å². The van der Waals surface area contributed by atoms with Gasteiger partial charge in [-0.1, -0.05) is 6.07 Å². The maximum absolute atomic E-state index is 5.28. The highest BCUT2D eigenvalue weighted by molar-refractivity contribution is 5.97. The molecule has 2 rings (SSSR count). The van der Waals surface area contributed by atoms with Gasteiger partial charge in [0, 0.05) is 12.7 Å². The van der Waals surface area contributed by atoms with Crippen LogP contribution in [0.2, 0.25) is 0 Å². The van der Waals surface area contributed by atoms with Crippen molar-refractivity contribution >= 4 is 10.5 Å². The molecule has 78 valence electrons. The van der Waals surface area contributed by atoms with Crippen molar-refractivity contribution in [2.75, 3.05) is 19.8 Å². The second kappa shape index (κ2) is 6.45. The van der Waals surface area contributed by atoms with Crippen LogP contribution in [0.1, 0.15) is 6.92 Å². The Kier molecular flexibility index (Phi) is 5.10. The standard InChI is InChI=1S/C8H8O2.C2H8OSi/c1-2-7-6-8(3-1)10-5-4-9-7;1-2-3-4/h1-3,6H,4-5H2;2H2,1,4H3. The van der Waals surface area contributed by atoms with Gasteiger partial charge in [0.1, 0.15) is 35.2 Å². The maximum Gasteiger partial charge on any atom is 0.145 e. The van der Waals surface area contributed by atoms with E-state index in [1.54, 1.807) is 0 Å². The molecule has 4 heteroatoms. The van der Waals surface area contributed by atoms with Crippen molar-refractivity contribution in [2.24, 2.45) is 0 Å². The minimum absolute atomic E-state index is 0.646. The molecule has 0 fully saturated rings. The van der Waals surface area contributed by atoms with Crippen LogP contribution in [0.4, 0.5) is 0 Å². The highest BCUT2D eigenvalue weighted by atomic mass is 28.2. The minimum Gasteiger partial charge on any atom is -0.490 e. The van der Waals surface area contributed by atoms with Crippen molar-refractivity contribution in [1.29, 1.82) is 0 Å². The minimum atomic E-state index is 0.646. The number of fused-ring (bicyclic) bond motifs is 2. The summed E-state index contributed by atoms with van der Waals surface area (Å²) in [6.45, 7) is 4.17. The summed E-state index contributed by atoms with van der Waals surface area (Å²) in [6.07, 6.45) is 0. The molecule has 1 aliphatic rings. The Morgan fingerprint density at radius 3 is 2.21 bits per heavy atom. The summed E-state index contributed by atoms with van der Waals surface area (Å²) >= 11 is 0. The van der Waals surface area contributed by atoms with Crippen LogP contribution < -0.4 is 9.47 Å². The zero-order valence-corrected chi connectivity index (χ0v) is 10.7. The number of benzene rings is 1. The number of rotatable bonds is 1. The van der Waals surface area contributed by atoms with Gasteiger partial charge in [-0.25, -0.2) is 0 Å². The summed E-state index contributed by atoms with van der Waals surface area (Å²) in [6, 6.07) is 7.68. The first-order valence-electron chi connectivity index (χ1n) is 4.71. The van der Waals surface area contributed by atoms with Gasteiger partial charge < -0.3 is 13.9 Å². The normalized spacial score (nSPS) is 12.9. The van der Waals surface area contributed by atoms with E-state index >= 15 is 0 Å². The van der Waals surface area contributed by atoms with Gasteiger partial charge in [0.15, 0.2) is 0 Å². The van der Waals surface area contributed by atoms with Gasteiger partial charge in [-0.05, 0) is 19.1 Å². The summed E-state index contributed by atoms with van der Waals surface area (Å²) in [5.41, 5.74) is 0. The zero-order chi connectivity index (χ0) is 10.2. The zero-order valence-electron chi connectivity index (χ0n) is 8.66. The molecule has 0 aromatic heterocycles. The average molecular weight is 212 g/mol. The van der Waals surface area contributed by atoms with Crippen molar-refractivity contribution in [3.8, 4) is 11.5 Å². The first kappa shape index (κ1) is 11.1. The van der Waals surface area contributed by atoms with Crippen molar-refractivity contribution in [1.82, 2.24) is 0 Å². The summed E-state index contributed by atoms with van der Waals surface area (Å²) in [5.74, 6) is 1.80. The molecule has 1 aromatic rings. The molecule has 0 N–H and O–H groups in total. The molecule has 2 bridgehead atoms. The van der Waals surface area contributed by atoms with Crippen LogP contribution in [0.3, 0.4) is 0 Å². The molecule has 0 saturated heterocycles. The Balaban J connectivity index is 0.000000213. The van der Waals surface area contributed by atoms with E-state index in [1.165, 1.54) is 0 Å². The van der Waals surface area contributed by atoms with Crippen molar-refractivity contribution < 1.29 is 13.9 Å². The second-order valence-electron chi connectivity index (χ2n) is 2.75. The molecule has 0 amide bonds. The number of hydrogen-bond donors (Lipinski definition) is 0. The van der Waals surface area contributed by atoms with E-state index in [1.807, 2.05) is 31.2 Å². The van der Waals surface area contributed by atoms with Crippen LogP contribution in [0.15, 0.2) is 24.3 Å². The van der Waals surface area contributed by atoms with Gasteiger partial charge in [0.05, 0.1) is 0 Å². The second-order valence-corrected chi connectivity index (χ2v) is 3.33. The molecule has 0 radical (unpaired) electrons. The Labute approximate surface area is 87.5 Å². The lowest BCUT2D eigenvalue weighted by molar-refractivity contribution is 0.232. The smallest absolute Gasteiger partial charge is 0.145 e. The van der Waals surface area contributed by atoms with E-state index in [4.69, 9.17) is 9.47 Å². The molecule has 0 aliphatic carbocycles. The van der Waals surface area contributed by atoms with Gasteiger partial charge in [0.2, 0.25) is 0 Å². The Bertz CT molecular complexity index is 242. The van der Waals surface area contributed by atoms with Crippen LogP contribution in [0.5, 0.6) is 11.5 Å². The third kappa shape index (κ3) is 3.80. The molecule has 0 atom stereocenters. The topological polar surface area (TPSA) is 27.7 Å². The number of ether oxygens (including phenoxy) is 2. The van der Waals surface area contributed by atoms with Crippen molar-refractivity contribution in [3.63, 3.8) is 0 Å². The lowest BCUT2D eigenvalue weighted by Crippen LogP contribution is -2.04. The predicted molar refractivity (Wildman–Crippen MR) is 59.0 cm³/mol. The van der Waals surface area contributed by atoms with Crippen LogP contribution in [0.25, 0.3) is 0 Å². The fourth-order valence-electron chi connectivity index (χ4n) is 0.973. The first-order valence-corrected chi connectivity index (χ1v) is 5.53. The van der Waals surface area contributed by atoms with Crippen LogP contribution in [0, 0.1) is 0 Å². The molecule has 1 aliphatic heterocycles. The third-order valence-corrected chi connectivity index (χ3v) is 2.29. The number of hydrogen-bond acceptors (Lipinski definition) is 3. The first-order chi connectivity index (χ1) is 6.86. The monoisotopic (exact) mass is 212 g/mol. The van der Waals surface area contributed by atoms with Gasteiger partial charge in [0.25, 0.3) is 0 Å². The molecule has 0 unspecified atom stereocenters. The van der Waals surface area contributed by atoms with E-state index < -0.39 is 0 Å². The average Bonchev–Trinajstić information content (AvgIpc) is 2.40. The summed E-state index contributed by atoms with van der Waals surface area (Å²) in [5, 5.41) is 0. The van der Waals surface area contributed by atoms with E-state index in [0.717, 1.165) is 28.6 Å². The van der Waals surface area contributed by atoms with Crippen molar-refractivity contribution in [3.05, 3.63) is 24.3 Å². The molecule has 14 heavy (non-hydrogen) atoms. The molecule has 0 spiro atoms. The Morgan fingerprint density at radius 2 is 1.79 bits per heavy atom.